The van der Waals surface area contributed by atoms with E-state index in [-0.39, 0.29) is 11.1 Å². The molecule has 0 bridgehead atoms. The number of nitrogens with one attached hydrogen (secondary N) is 1. The van der Waals surface area contributed by atoms with Crippen molar-refractivity contribution >= 4 is 35.6 Å². The van der Waals surface area contributed by atoms with E-state index in [9.17, 15) is 9.59 Å². The Balaban J connectivity index is 2.09. The minimum absolute atomic E-state index is 0.245. The van der Waals surface area contributed by atoms with Gasteiger partial charge in [0.2, 0.25) is 5.75 Å². The fraction of sp³-hybridized carbons (Fsp3) is 0.143. The van der Waals surface area contributed by atoms with Gasteiger partial charge in [-0.3, -0.25) is 14.9 Å². The van der Waals surface area contributed by atoms with Crippen LogP contribution in [0.5, 0.6) is 17.2 Å². The van der Waals surface area contributed by atoms with Crippen molar-refractivity contribution in [2.75, 3.05) is 21.3 Å². The molecule has 0 spiro atoms. The van der Waals surface area contributed by atoms with Crippen LogP contribution in [0.4, 0.5) is 0 Å². The number of carbonyl (C=O) groups excluding carboxylic acids is 2. The van der Waals surface area contributed by atoms with Crippen LogP contribution in [0, 0.1) is 0 Å². The summed E-state index contributed by atoms with van der Waals surface area (Å²) in [6.07, 6.45) is 3.24. The third kappa shape index (κ3) is 3.87. The summed E-state index contributed by atoms with van der Waals surface area (Å²) < 4.78 is 16.0. The third-order valence-electron chi connectivity index (χ3n) is 4.19. The van der Waals surface area contributed by atoms with E-state index in [4.69, 9.17) is 25.8 Å². The highest BCUT2D eigenvalue weighted by molar-refractivity contribution is 6.30. The van der Waals surface area contributed by atoms with Crippen LogP contribution in [-0.2, 0) is 9.59 Å². The predicted molar refractivity (Wildman–Crippen MR) is 107 cm³/mol. The molecule has 0 atom stereocenters. The smallest absolute Gasteiger partial charge is 0.258 e. The monoisotopic (exact) mass is 399 g/mol. The van der Waals surface area contributed by atoms with Crippen molar-refractivity contribution < 1.29 is 23.8 Å². The van der Waals surface area contributed by atoms with Gasteiger partial charge in [0.25, 0.3) is 11.8 Å². The highest BCUT2D eigenvalue weighted by atomic mass is 35.5. The summed E-state index contributed by atoms with van der Waals surface area (Å²) in [5.74, 6) is 0.400. The first-order chi connectivity index (χ1) is 13.5. The second kappa shape index (κ2) is 8.19. The Kier molecular flexibility index (Phi) is 5.70. The molecule has 28 heavy (non-hydrogen) atoms. The summed E-state index contributed by atoms with van der Waals surface area (Å²) in [4.78, 5) is 24.6. The molecule has 0 unspecified atom stereocenters. The van der Waals surface area contributed by atoms with Crippen LogP contribution in [0.25, 0.3) is 12.2 Å². The summed E-state index contributed by atoms with van der Waals surface area (Å²) in [5, 5.41) is 2.91. The predicted octanol–water partition coefficient (Wildman–Crippen LogP) is 3.49. The summed E-state index contributed by atoms with van der Waals surface area (Å²) >= 11 is 5.90. The topological polar surface area (TPSA) is 73.9 Å². The zero-order chi connectivity index (χ0) is 20.3. The lowest BCUT2D eigenvalue weighted by Crippen LogP contribution is -2.19. The number of amides is 2. The molecule has 1 fully saturated rings. The van der Waals surface area contributed by atoms with E-state index in [0.717, 1.165) is 5.56 Å². The third-order valence-corrected chi connectivity index (χ3v) is 4.44. The van der Waals surface area contributed by atoms with Gasteiger partial charge in [-0.1, -0.05) is 23.7 Å². The molecule has 6 nitrogen and oxygen atoms in total. The van der Waals surface area contributed by atoms with Gasteiger partial charge in [0.15, 0.2) is 11.5 Å². The van der Waals surface area contributed by atoms with Crippen LogP contribution < -0.4 is 19.5 Å². The van der Waals surface area contributed by atoms with Gasteiger partial charge in [-0.15, -0.1) is 0 Å². The minimum Gasteiger partial charge on any atom is -0.493 e. The van der Waals surface area contributed by atoms with Crippen LogP contribution in [0.1, 0.15) is 11.1 Å². The van der Waals surface area contributed by atoms with Crippen molar-refractivity contribution in [3.63, 3.8) is 0 Å². The molecule has 1 aliphatic rings. The average Bonchev–Trinajstić information content (AvgIpc) is 2.95. The number of rotatable bonds is 5. The molecule has 1 N–H and O–H groups in total. The molecule has 7 heteroatoms. The first kappa shape index (κ1) is 19.5. The number of hydrogen-bond donors (Lipinski definition) is 1. The zero-order valence-corrected chi connectivity index (χ0v) is 16.3. The lowest BCUT2D eigenvalue weighted by Gasteiger charge is -2.13. The quantitative estimate of drug-likeness (QED) is 0.615. The van der Waals surface area contributed by atoms with E-state index < -0.39 is 11.8 Å². The summed E-state index contributed by atoms with van der Waals surface area (Å²) in [7, 11) is 4.52. The molecule has 2 amide bonds. The molecule has 144 valence electrons. The van der Waals surface area contributed by atoms with Crippen molar-refractivity contribution in [1.82, 2.24) is 5.32 Å². The summed E-state index contributed by atoms with van der Waals surface area (Å²) in [5.41, 5.74) is 1.88. The molecular weight excluding hydrogens is 382 g/mol. The highest BCUT2D eigenvalue weighted by Crippen LogP contribution is 2.39. The maximum atomic E-state index is 12.3. The molecule has 3 rings (SSSR count). The fourth-order valence-electron chi connectivity index (χ4n) is 2.85. The van der Waals surface area contributed by atoms with Crippen LogP contribution in [0.2, 0.25) is 5.02 Å². The summed E-state index contributed by atoms with van der Waals surface area (Å²) in [6, 6.07) is 10.4. The lowest BCUT2D eigenvalue weighted by molar-refractivity contribution is -0.123. The van der Waals surface area contributed by atoms with Crippen molar-refractivity contribution in [1.29, 1.82) is 0 Å². The standard InChI is InChI=1S/C21H18ClNO5/c1-26-17-10-13(11-18(27-2)19(17)28-3)9-16-15(20(24)23-21(16)25)8-12-4-6-14(22)7-5-12/h4-11H,1-3H3,(H,23,24,25)/b15-8+,16-9+. The van der Waals surface area contributed by atoms with Crippen molar-refractivity contribution in [2.45, 2.75) is 0 Å². The second-order valence-electron chi connectivity index (χ2n) is 5.91. The average molecular weight is 400 g/mol. The van der Waals surface area contributed by atoms with E-state index in [2.05, 4.69) is 5.32 Å². The number of benzene rings is 2. The van der Waals surface area contributed by atoms with Gasteiger partial charge in [-0.2, -0.15) is 0 Å². The van der Waals surface area contributed by atoms with Crippen LogP contribution in [0.15, 0.2) is 47.5 Å². The Morgan fingerprint density at radius 2 is 1.29 bits per heavy atom. The molecule has 0 saturated carbocycles. The number of ether oxygens (including phenoxy) is 3. The minimum atomic E-state index is -0.473. The Hall–Kier alpha value is -3.25. The number of imide groups is 1. The maximum Gasteiger partial charge on any atom is 0.258 e. The summed E-state index contributed by atoms with van der Waals surface area (Å²) in [6.45, 7) is 0. The maximum absolute atomic E-state index is 12.3. The van der Waals surface area contributed by atoms with Crippen LogP contribution in [0.3, 0.4) is 0 Å². The number of hydrogen-bond acceptors (Lipinski definition) is 5. The SMILES string of the molecule is COc1cc(/C=C2/C(=O)NC(=O)/C2=C/c2ccc(Cl)cc2)cc(OC)c1OC. The Bertz CT molecular complexity index is 967. The van der Waals surface area contributed by atoms with E-state index >= 15 is 0 Å². The fourth-order valence-corrected chi connectivity index (χ4v) is 2.97. The van der Waals surface area contributed by atoms with Crippen LogP contribution in [-0.4, -0.2) is 33.1 Å². The van der Waals surface area contributed by atoms with Crippen molar-refractivity contribution in [3.8, 4) is 17.2 Å². The van der Waals surface area contributed by atoms with E-state index in [0.29, 0.717) is 27.8 Å². The molecule has 0 aromatic heterocycles. The number of carbonyl (C=O) groups is 2. The molecule has 2 aromatic carbocycles. The van der Waals surface area contributed by atoms with Crippen LogP contribution >= 0.6 is 11.6 Å². The lowest BCUT2D eigenvalue weighted by atomic mass is 10.0. The molecule has 1 saturated heterocycles. The number of halogens is 1. The Labute approximate surface area is 167 Å². The molecular formula is C21H18ClNO5. The molecule has 0 aliphatic carbocycles. The number of methoxy groups -OCH3 is 3. The van der Waals surface area contributed by atoms with Gasteiger partial charge in [-0.25, -0.2) is 0 Å². The zero-order valence-electron chi connectivity index (χ0n) is 15.5. The Morgan fingerprint density at radius 3 is 1.75 bits per heavy atom. The normalized spacial score (nSPS) is 16.4. The largest absolute Gasteiger partial charge is 0.493 e. The van der Waals surface area contributed by atoms with Gasteiger partial charge >= 0.3 is 0 Å². The van der Waals surface area contributed by atoms with Crippen molar-refractivity contribution in [2.24, 2.45) is 0 Å². The van der Waals surface area contributed by atoms with Gasteiger partial charge in [0, 0.05) is 5.02 Å². The molecule has 1 aliphatic heterocycles. The highest BCUT2D eigenvalue weighted by Gasteiger charge is 2.30. The van der Waals surface area contributed by atoms with Gasteiger partial charge in [-0.05, 0) is 47.5 Å². The van der Waals surface area contributed by atoms with E-state index in [1.165, 1.54) is 21.3 Å². The Morgan fingerprint density at radius 1 is 0.786 bits per heavy atom. The molecule has 0 radical (unpaired) electrons. The van der Waals surface area contributed by atoms with E-state index in [1.807, 2.05) is 0 Å². The van der Waals surface area contributed by atoms with Gasteiger partial charge in [0.05, 0.1) is 32.5 Å². The molecule has 1 heterocycles. The van der Waals surface area contributed by atoms with Gasteiger partial charge < -0.3 is 14.2 Å². The molecule has 2 aromatic rings. The van der Waals surface area contributed by atoms with Gasteiger partial charge in [0.1, 0.15) is 0 Å². The van der Waals surface area contributed by atoms with Crippen molar-refractivity contribution in [3.05, 3.63) is 63.7 Å². The first-order valence-electron chi connectivity index (χ1n) is 8.32. The van der Waals surface area contributed by atoms with E-state index in [1.54, 1.807) is 48.6 Å². The first-order valence-corrected chi connectivity index (χ1v) is 8.69. The second-order valence-corrected chi connectivity index (χ2v) is 6.35.